The van der Waals surface area contributed by atoms with Crippen LogP contribution in [-0.2, 0) is 9.59 Å². The van der Waals surface area contributed by atoms with Gasteiger partial charge in [0.2, 0.25) is 5.91 Å². The number of amides is 1. The molecule has 162 valence electrons. The number of carbonyl (C=O) groups excluding carboxylic acids is 1. The molecule has 0 aromatic rings. The van der Waals surface area contributed by atoms with E-state index in [2.05, 4.69) is 24.4 Å². The molecular formula is C22H41N3O3. The maximum absolute atomic E-state index is 11.7. The van der Waals surface area contributed by atoms with Gasteiger partial charge < -0.3 is 10.0 Å². The van der Waals surface area contributed by atoms with Crippen LogP contribution in [-0.4, -0.2) is 41.4 Å². The maximum atomic E-state index is 11.7. The quantitative estimate of drug-likeness (QED) is 0.138. The van der Waals surface area contributed by atoms with Gasteiger partial charge in [0.1, 0.15) is 6.54 Å². The molecule has 6 nitrogen and oxygen atoms in total. The van der Waals surface area contributed by atoms with Crippen molar-refractivity contribution in [1.82, 2.24) is 10.2 Å². The zero-order valence-corrected chi connectivity index (χ0v) is 18.0. The third-order valence-electron chi connectivity index (χ3n) is 4.68. The molecule has 0 aromatic carbocycles. The monoisotopic (exact) mass is 395 g/mol. The standard InChI is InChI=1S/C22H41N3O3/c1-3-4-5-6-7-8-9-10-11-12-13-14-15-16-17-18-20(26)24-22(23)25(2)19-21(27)28/h13-14H,3-12,15-19H2,1-2H3,(H,27,28)(H2,23,24,26)/b14-13-. The number of rotatable bonds is 17. The fourth-order valence-corrected chi connectivity index (χ4v) is 2.93. The van der Waals surface area contributed by atoms with Gasteiger partial charge >= 0.3 is 5.97 Å². The fraction of sp³-hybridized carbons (Fsp3) is 0.773. The molecule has 0 spiro atoms. The predicted molar refractivity (Wildman–Crippen MR) is 116 cm³/mol. The lowest BCUT2D eigenvalue weighted by molar-refractivity contribution is -0.137. The molecule has 0 aliphatic heterocycles. The van der Waals surface area contributed by atoms with Gasteiger partial charge in [0.15, 0.2) is 5.96 Å². The second-order valence-corrected chi connectivity index (χ2v) is 7.48. The summed E-state index contributed by atoms with van der Waals surface area (Å²) in [6, 6.07) is 0. The van der Waals surface area contributed by atoms with E-state index in [-0.39, 0.29) is 18.4 Å². The van der Waals surface area contributed by atoms with Crippen molar-refractivity contribution in [2.45, 2.75) is 96.8 Å². The molecule has 0 heterocycles. The Bertz CT molecular complexity index is 464. The van der Waals surface area contributed by atoms with Gasteiger partial charge in [-0.15, -0.1) is 0 Å². The van der Waals surface area contributed by atoms with Crippen LogP contribution in [0.25, 0.3) is 0 Å². The molecule has 0 saturated heterocycles. The zero-order valence-electron chi connectivity index (χ0n) is 18.0. The summed E-state index contributed by atoms with van der Waals surface area (Å²) in [5.74, 6) is -1.44. The van der Waals surface area contributed by atoms with Crippen LogP contribution in [0.5, 0.6) is 0 Å². The summed E-state index contributed by atoms with van der Waals surface area (Å²) in [5.41, 5.74) is 0. The van der Waals surface area contributed by atoms with Crippen LogP contribution in [0.2, 0.25) is 0 Å². The SMILES string of the molecule is CCCCCCCCCCC/C=C\CCCCC(=O)NC(=N)N(C)CC(=O)O. The largest absolute Gasteiger partial charge is 0.480 e. The lowest BCUT2D eigenvalue weighted by Gasteiger charge is -2.17. The van der Waals surface area contributed by atoms with Crippen LogP contribution in [0, 0.1) is 5.41 Å². The highest BCUT2D eigenvalue weighted by molar-refractivity contribution is 5.96. The third-order valence-corrected chi connectivity index (χ3v) is 4.68. The number of carboxylic acids is 1. The van der Waals surface area contributed by atoms with Gasteiger partial charge in [-0.2, -0.15) is 0 Å². The van der Waals surface area contributed by atoms with E-state index in [1.807, 2.05) is 0 Å². The van der Waals surface area contributed by atoms with E-state index in [0.717, 1.165) is 25.7 Å². The van der Waals surface area contributed by atoms with Gasteiger partial charge in [0.25, 0.3) is 0 Å². The van der Waals surface area contributed by atoms with E-state index in [4.69, 9.17) is 10.5 Å². The first-order valence-corrected chi connectivity index (χ1v) is 10.9. The normalized spacial score (nSPS) is 10.9. The number of unbranched alkanes of at least 4 members (excludes halogenated alkanes) is 11. The number of carbonyl (C=O) groups is 2. The molecule has 0 aliphatic rings. The highest BCUT2D eigenvalue weighted by Crippen LogP contribution is 2.11. The van der Waals surface area contributed by atoms with Crippen molar-refractivity contribution in [3.8, 4) is 0 Å². The highest BCUT2D eigenvalue weighted by Gasteiger charge is 2.11. The number of likely N-dealkylation sites (N-methyl/N-ethyl adjacent to an activating group) is 1. The molecule has 0 aliphatic carbocycles. The lowest BCUT2D eigenvalue weighted by atomic mass is 10.1. The Morgan fingerprint density at radius 1 is 0.893 bits per heavy atom. The summed E-state index contributed by atoms with van der Waals surface area (Å²) in [5, 5.41) is 18.7. The van der Waals surface area contributed by atoms with Crippen LogP contribution < -0.4 is 5.32 Å². The van der Waals surface area contributed by atoms with E-state index >= 15 is 0 Å². The van der Waals surface area contributed by atoms with Crippen molar-refractivity contribution in [2.75, 3.05) is 13.6 Å². The molecular weight excluding hydrogens is 354 g/mol. The van der Waals surface area contributed by atoms with Crippen molar-refractivity contribution >= 4 is 17.8 Å². The van der Waals surface area contributed by atoms with Crippen LogP contribution in [0.15, 0.2) is 12.2 Å². The molecule has 0 bridgehead atoms. The Balaban J connectivity index is 3.46. The second-order valence-electron chi connectivity index (χ2n) is 7.48. The molecule has 0 unspecified atom stereocenters. The van der Waals surface area contributed by atoms with Crippen molar-refractivity contribution < 1.29 is 14.7 Å². The van der Waals surface area contributed by atoms with Crippen LogP contribution in [0.3, 0.4) is 0 Å². The minimum Gasteiger partial charge on any atom is -0.480 e. The summed E-state index contributed by atoms with van der Waals surface area (Å²) in [7, 11) is 1.47. The Morgan fingerprint density at radius 3 is 1.93 bits per heavy atom. The van der Waals surface area contributed by atoms with Crippen molar-refractivity contribution in [3.63, 3.8) is 0 Å². The number of nitrogens with one attached hydrogen (secondary N) is 2. The minimum atomic E-state index is -1.03. The Labute approximate surface area is 171 Å². The van der Waals surface area contributed by atoms with Gasteiger partial charge in [0, 0.05) is 13.5 Å². The smallest absolute Gasteiger partial charge is 0.323 e. The molecule has 3 N–H and O–H groups in total. The van der Waals surface area contributed by atoms with Crippen molar-refractivity contribution in [1.29, 1.82) is 5.41 Å². The highest BCUT2D eigenvalue weighted by atomic mass is 16.4. The summed E-state index contributed by atoms with van der Waals surface area (Å²) in [6.45, 7) is 1.95. The summed E-state index contributed by atoms with van der Waals surface area (Å²) in [6.07, 6.45) is 20.8. The van der Waals surface area contributed by atoms with Crippen LogP contribution >= 0.6 is 0 Å². The lowest BCUT2D eigenvalue weighted by Crippen LogP contribution is -2.43. The number of guanidine groups is 1. The second kappa shape index (κ2) is 18.5. The fourth-order valence-electron chi connectivity index (χ4n) is 2.93. The van der Waals surface area contributed by atoms with Crippen LogP contribution in [0.4, 0.5) is 0 Å². The molecule has 0 atom stereocenters. The van der Waals surface area contributed by atoms with Crippen molar-refractivity contribution in [2.24, 2.45) is 0 Å². The van der Waals surface area contributed by atoms with Gasteiger partial charge in [0.05, 0.1) is 0 Å². The Morgan fingerprint density at radius 2 is 1.39 bits per heavy atom. The number of aliphatic carboxylic acids is 1. The summed E-state index contributed by atoms with van der Waals surface area (Å²) < 4.78 is 0. The number of hydrogen-bond acceptors (Lipinski definition) is 3. The first-order valence-electron chi connectivity index (χ1n) is 10.9. The predicted octanol–water partition coefficient (Wildman–Crippen LogP) is 5.09. The molecule has 0 fully saturated rings. The molecule has 1 amide bonds. The molecule has 28 heavy (non-hydrogen) atoms. The van der Waals surface area contributed by atoms with Gasteiger partial charge in [-0.1, -0.05) is 70.4 Å². The minimum absolute atomic E-state index is 0.173. The van der Waals surface area contributed by atoms with Crippen molar-refractivity contribution in [3.05, 3.63) is 12.2 Å². The summed E-state index contributed by atoms with van der Waals surface area (Å²) in [4.78, 5) is 23.5. The third kappa shape index (κ3) is 17.6. The molecule has 0 saturated carbocycles. The van der Waals surface area contributed by atoms with Gasteiger partial charge in [-0.3, -0.25) is 20.3 Å². The van der Waals surface area contributed by atoms with E-state index in [1.54, 1.807) is 0 Å². The van der Waals surface area contributed by atoms with E-state index < -0.39 is 5.97 Å². The number of allylic oxidation sites excluding steroid dienone is 2. The number of nitrogens with zero attached hydrogens (tertiary/aromatic N) is 1. The molecule has 0 radical (unpaired) electrons. The topological polar surface area (TPSA) is 93.5 Å². The summed E-state index contributed by atoms with van der Waals surface area (Å²) >= 11 is 0. The Hall–Kier alpha value is -1.85. The van der Waals surface area contributed by atoms with Gasteiger partial charge in [-0.25, -0.2) is 0 Å². The number of hydrogen-bond donors (Lipinski definition) is 3. The van der Waals surface area contributed by atoms with Crippen LogP contribution in [0.1, 0.15) is 96.8 Å². The first kappa shape index (κ1) is 26.1. The first-order chi connectivity index (χ1) is 13.5. The molecule has 0 aromatic heterocycles. The molecule has 0 rings (SSSR count). The van der Waals surface area contributed by atoms with E-state index in [1.165, 1.54) is 69.7 Å². The van der Waals surface area contributed by atoms with E-state index in [9.17, 15) is 9.59 Å². The number of carboxylic acid groups (broad SMARTS) is 1. The average molecular weight is 396 g/mol. The maximum Gasteiger partial charge on any atom is 0.323 e. The molecule has 6 heteroatoms. The van der Waals surface area contributed by atoms with Gasteiger partial charge in [-0.05, 0) is 32.1 Å². The average Bonchev–Trinajstić information content (AvgIpc) is 2.64. The zero-order chi connectivity index (χ0) is 21.0. The Kier molecular flexibility index (Phi) is 17.3. The van der Waals surface area contributed by atoms with E-state index in [0.29, 0.717) is 6.42 Å².